The Morgan fingerprint density at radius 2 is 2.20 bits per heavy atom. The highest BCUT2D eigenvalue weighted by molar-refractivity contribution is 7.99. The topological polar surface area (TPSA) is 32.3 Å². The van der Waals surface area contributed by atoms with Gasteiger partial charge in [-0.25, -0.2) is 0 Å². The minimum absolute atomic E-state index is 0.418. The van der Waals surface area contributed by atoms with E-state index in [1.54, 1.807) is 17.8 Å². The Morgan fingerprint density at radius 3 is 2.93 bits per heavy atom. The molecule has 0 amide bonds. The van der Waals surface area contributed by atoms with E-state index in [1.807, 2.05) is 6.07 Å². The highest BCUT2D eigenvalue weighted by atomic mass is 32.2. The van der Waals surface area contributed by atoms with E-state index < -0.39 is 0 Å². The largest absolute Gasteiger partial charge is 0.507 e. The van der Waals surface area contributed by atoms with Gasteiger partial charge in [-0.1, -0.05) is 12.5 Å². The van der Waals surface area contributed by atoms with Crippen molar-refractivity contribution in [1.82, 2.24) is 0 Å². The second-order valence-corrected chi connectivity index (χ2v) is 5.64. The average Bonchev–Trinajstić information content (AvgIpc) is 2.37. The van der Waals surface area contributed by atoms with Crippen LogP contribution in [0.5, 0.6) is 5.75 Å². The van der Waals surface area contributed by atoms with Crippen LogP contribution in [0.3, 0.4) is 0 Å². The average molecular weight is 221 g/mol. The van der Waals surface area contributed by atoms with Crippen LogP contribution in [0.1, 0.15) is 19.3 Å². The summed E-state index contributed by atoms with van der Waals surface area (Å²) < 4.78 is 0. The molecule has 15 heavy (non-hydrogen) atoms. The maximum atomic E-state index is 9.78. The third kappa shape index (κ3) is 1.49. The summed E-state index contributed by atoms with van der Waals surface area (Å²) in [6.45, 7) is 1.07. The number of phenols is 1. The molecule has 0 atom stereocenters. The van der Waals surface area contributed by atoms with Gasteiger partial charge in [0, 0.05) is 12.3 Å². The summed E-state index contributed by atoms with van der Waals surface area (Å²) in [5.41, 5.74) is 1.60. The van der Waals surface area contributed by atoms with Gasteiger partial charge in [0.25, 0.3) is 0 Å². The van der Waals surface area contributed by atoms with Gasteiger partial charge < -0.3 is 10.4 Å². The number of hydrogen-bond acceptors (Lipinski definition) is 3. The Morgan fingerprint density at radius 1 is 1.33 bits per heavy atom. The van der Waals surface area contributed by atoms with Crippen molar-refractivity contribution in [2.45, 2.75) is 24.2 Å². The van der Waals surface area contributed by atoms with E-state index in [9.17, 15) is 5.11 Å². The molecule has 1 saturated carbocycles. The molecule has 2 aliphatic rings. The maximum absolute atomic E-state index is 9.78. The molecule has 0 unspecified atom stereocenters. The lowest BCUT2D eigenvalue weighted by Gasteiger charge is -2.40. The molecule has 1 aromatic carbocycles. The Hall–Kier alpha value is -0.830. The van der Waals surface area contributed by atoms with Crippen molar-refractivity contribution in [2.24, 2.45) is 5.41 Å². The summed E-state index contributed by atoms with van der Waals surface area (Å²) in [5.74, 6) is 1.56. The molecule has 3 heteroatoms. The van der Waals surface area contributed by atoms with Crippen LogP contribution < -0.4 is 5.32 Å². The summed E-state index contributed by atoms with van der Waals surface area (Å²) in [5, 5.41) is 13.3. The normalized spacial score (nSPS) is 22.4. The first-order valence-electron chi connectivity index (χ1n) is 5.48. The molecule has 1 aliphatic heterocycles. The van der Waals surface area contributed by atoms with E-state index in [1.165, 1.54) is 19.3 Å². The molecule has 1 aromatic rings. The van der Waals surface area contributed by atoms with E-state index in [0.29, 0.717) is 11.2 Å². The maximum Gasteiger partial charge on any atom is 0.131 e. The fourth-order valence-electron chi connectivity index (χ4n) is 2.37. The SMILES string of the molecule is Oc1cccc2c1SCC1(CCC1)CN2. The van der Waals surface area contributed by atoms with Crippen LogP contribution in [0.2, 0.25) is 0 Å². The molecule has 0 aromatic heterocycles. The van der Waals surface area contributed by atoms with Crippen LogP contribution in [0, 0.1) is 5.41 Å². The van der Waals surface area contributed by atoms with Crippen LogP contribution in [-0.4, -0.2) is 17.4 Å². The second kappa shape index (κ2) is 3.34. The molecule has 0 saturated heterocycles. The highest BCUT2D eigenvalue weighted by Gasteiger charge is 2.38. The molecule has 1 heterocycles. The number of rotatable bonds is 0. The molecule has 0 radical (unpaired) electrons. The Balaban J connectivity index is 1.91. The number of nitrogens with one attached hydrogen (secondary N) is 1. The van der Waals surface area contributed by atoms with Crippen molar-refractivity contribution in [3.8, 4) is 5.75 Å². The van der Waals surface area contributed by atoms with Crippen LogP contribution in [0.4, 0.5) is 5.69 Å². The van der Waals surface area contributed by atoms with Crippen LogP contribution in [0.15, 0.2) is 23.1 Å². The zero-order chi connectivity index (χ0) is 10.3. The summed E-state index contributed by atoms with van der Waals surface area (Å²) in [6.07, 6.45) is 4.04. The highest BCUT2D eigenvalue weighted by Crippen LogP contribution is 2.49. The molecule has 1 spiro atoms. The molecule has 1 fully saturated rings. The smallest absolute Gasteiger partial charge is 0.131 e. The van der Waals surface area contributed by atoms with Crippen molar-refractivity contribution in [3.05, 3.63) is 18.2 Å². The van der Waals surface area contributed by atoms with Crippen LogP contribution in [0.25, 0.3) is 0 Å². The summed E-state index contributed by atoms with van der Waals surface area (Å²) in [6, 6.07) is 5.73. The first kappa shape index (κ1) is 9.40. The molecular formula is C12H15NOS. The lowest BCUT2D eigenvalue weighted by molar-refractivity contribution is 0.187. The first-order chi connectivity index (χ1) is 7.29. The van der Waals surface area contributed by atoms with Gasteiger partial charge in [0.15, 0.2) is 0 Å². The van der Waals surface area contributed by atoms with Crippen molar-refractivity contribution in [3.63, 3.8) is 0 Å². The Bertz CT molecular complexity index is 387. The third-order valence-electron chi connectivity index (χ3n) is 3.58. The number of phenolic OH excluding ortho intramolecular Hbond substituents is 1. The van der Waals surface area contributed by atoms with Gasteiger partial charge >= 0.3 is 0 Å². The minimum atomic E-state index is 0.418. The molecular weight excluding hydrogens is 206 g/mol. The Kier molecular flexibility index (Phi) is 2.09. The van der Waals surface area contributed by atoms with Crippen molar-refractivity contribution < 1.29 is 5.11 Å². The lowest BCUT2D eigenvalue weighted by atomic mass is 9.70. The van der Waals surface area contributed by atoms with Gasteiger partial charge in [-0.05, 0) is 30.4 Å². The van der Waals surface area contributed by atoms with E-state index >= 15 is 0 Å². The lowest BCUT2D eigenvalue weighted by Crippen LogP contribution is -2.37. The second-order valence-electron chi connectivity index (χ2n) is 4.65. The predicted octanol–water partition coefficient (Wildman–Crippen LogP) is 3.08. The molecule has 0 bridgehead atoms. The number of hydrogen-bond donors (Lipinski definition) is 2. The number of aromatic hydroxyl groups is 1. The minimum Gasteiger partial charge on any atom is -0.507 e. The monoisotopic (exact) mass is 221 g/mol. The quantitative estimate of drug-likeness (QED) is 0.706. The van der Waals surface area contributed by atoms with E-state index in [4.69, 9.17) is 0 Å². The third-order valence-corrected chi connectivity index (χ3v) is 5.06. The van der Waals surface area contributed by atoms with E-state index in [-0.39, 0.29) is 0 Å². The van der Waals surface area contributed by atoms with Crippen LogP contribution >= 0.6 is 11.8 Å². The van der Waals surface area contributed by atoms with Gasteiger partial charge in [-0.3, -0.25) is 0 Å². The first-order valence-corrected chi connectivity index (χ1v) is 6.46. The fourth-order valence-corrected chi connectivity index (χ4v) is 3.73. The molecule has 3 rings (SSSR count). The number of fused-ring (bicyclic) bond motifs is 1. The molecule has 2 N–H and O–H groups in total. The zero-order valence-electron chi connectivity index (χ0n) is 8.62. The molecule has 1 aliphatic carbocycles. The van der Waals surface area contributed by atoms with Crippen LogP contribution in [-0.2, 0) is 0 Å². The van der Waals surface area contributed by atoms with Gasteiger partial charge in [0.05, 0.1) is 10.6 Å². The fraction of sp³-hybridized carbons (Fsp3) is 0.500. The van der Waals surface area contributed by atoms with E-state index in [2.05, 4.69) is 11.4 Å². The van der Waals surface area contributed by atoms with Crippen molar-refractivity contribution in [1.29, 1.82) is 0 Å². The van der Waals surface area contributed by atoms with Gasteiger partial charge in [0.1, 0.15) is 5.75 Å². The Labute approximate surface area is 94.1 Å². The van der Waals surface area contributed by atoms with Gasteiger partial charge in [0.2, 0.25) is 0 Å². The number of thioether (sulfide) groups is 1. The summed E-state index contributed by atoms with van der Waals surface area (Å²) in [7, 11) is 0. The van der Waals surface area contributed by atoms with Gasteiger partial charge in [-0.2, -0.15) is 0 Å². The van der Waals surface area contributed by atoms with Crippen molar-refractivity contribution >= 4 is 17.4 Å². The number of anilines is 1. The van der Waals surface area contributed by atoms with Crippen molar-refractivity contribution in [2.75, 3.05) is 17.6 Å². The van der Waals surface area contributed by atoms with E-state index in [0.717, 1.165) is 22.9 Å². The zero-order valence-corrected chi connectivity index (χ0v) is 9.44. The molecule has 80 valence electrons. The standard InChI is InChI=1S/C12H15NOS/c14-10-4-1-3-9-11(10)15-8-12(7-13-9)5-2-6-12/h1,3-4,13-14H,2,5-8H2. The summed E-state index contributed by atoms with van der Waals surface area (Å²) >= 11 is 1.81. The summed E-state index contributed by atoms with van der Waals surface area (Å²) in [4.78, 5) is 1.03. The predicted molar refractivity (Wildman–Crippen MR) is 63.6 cm³/mol. The number of benzene rings is 1. The van der Waals surface area contributed by atoms with Gasteiger partial charge in [-0.15, -0.1) is 11.8 Å². The molecule has 2 nitrogen and oxygen atoms in total.